The first-order valence-corrected chi connectivity index (χ1v) is 7.77. The summed E-state index contributed by atoms with van der Waals surface area (Å²) in [6, 6.07) is 5.62. The van der Waals surface area contributed by atoms with Crippen molar-refractivity contribution in [3.05, 3.63) is 23.9 Å². The lowest BCUT2D eigenvalue weighted by Gasteiger charge is -2.35. The lowest BCUT2D eigenvalue weighted by Crippen LogP contribution is -2.49. The van der Waals surface area contributed by atoms with Gasteiger partial charge >= 0.3 is 0 Å². The van der Waals surface area contributed by atoms with Crippen molar-refractivity contribution in [3.8, 4) is 6.07 Å². The van der Waals surface area contributed by atoms with Crippen molar-refractivity contribution in [1.82, 2.24) is 9.88 Å². The van der Waals surface area contributed by atoms with E-state index in [9.17, 15) is 4.79 Å². The number of ether oxygens (including phenoxy) is 1. The SMILES string of the molecule is N#Cc1ccnc(N2CCN(C(=O)C[C@H]3CCCO3)CC2)c1. The van der Waals surface area contributed by atoms with Gasteiger partial charge in [-0.3, -0.25) is 4.79 Å². The molecule has 0 bridgehead atoms. The number of anilines is 1. The second kappa shape index (κ2) is 6.75. The molecule has 0 aromatic carbocycles. The second-order valence-electron chi connectivity index (χ2n) is 5.72. The molecule has 1 atom stereocenters. The topological polar surface area (TPSA) is 69.5 Å². The highest BCUT2D eigenvalue weighted by molar-refractivity contribution is 5.77. The smallest absolute Gasteiger partial charge is 0.225 e. The van der Waals surface area contributed by atoms with Gasteiger partial charge in [-0.2, -0.15) is 5.26 Å². The average Bonchev–Trinajstić information content (AvgIpc) is 3.08. The normalized spacial score (nSPS) is 21.7. The zero-order valence-electron chi connectivity index (χ0n) is 12.6. The van der Waals surface area contributed by atoms with Gasteiger partial charge in [0, 0.05) is 39.0 Å². The van der Waals surface area contributed by atoms with Gasteiger partial charge < -0.3 is 14.5 Å². The third-order valence-corrected chi connectivity index (χ3v) is 4.26. The van der Waals surface area contributed by atoms with Crippen LogP contribution in [0.1, 0.15) is 24.8 Å². The Hall–Kier alpha value is -2.13. The molecule has 22 heavy (non-hydrogen) atoms. The quantitative estimate of drug-likeness (QED) is 0.838. The fraction of sp³-hybridized carbons (Fsp3) is 0.562. The second-order valence-corrected chi connectivity index (χ2v) is 5.72. The van der Waals surface area contributed by atoms with Gasteiger partial charge in [0.05, 0.1) is 24.2 Å². The van der Waals surface area contributed by atoms with E-state index in [2.05, 4.69) is 16.0 Å². The van der Waals surface area contributed by atoms with Crippen molar-refractivity contribution in [2.45, 2.75) is 25.4 Å². The summed E-state index contributed by atoms with van der Waals surface area (Å²) in [6.07, 6.45) is 4.33. The van der Waals surface area contributed by atoms with Crippen molar-refractivity contribution in [3.63, 3.8) is 0 Å². The Balaban J connectivity index is 1.53. The number of hydrogen-bond donors (Lipinski definition) is 0. The van der Waals surface area contributed by atoms with E-state index in [1.54, 1.807) is 18.3 Å². The minimum atomic E-state index is 0.111. The molecule has 0 radical (unpaired) electrons. The molecule has 2 saturated heterocycles. The molecule has 1 aromatic heterocycles. The molecular formula is C16H20N4O2. The highest BCUT2D eigenvalue weighted by atomic mass is 16.5. The minimum Gasteiger partial charge on any atom is -0.378 e. The molecule has 0 N–H and O–H groups in total. The van der Waals surface area contributed by atoms with Crippen LogP contribution >= 0.6 is 0 Å². The van der Waals surface area contributed by atoms with Gasteiger partial charge in [-0.05, 0) is 25.0 Å². The van der Waals surface area contributed by atoms with Gasteiger partial charge in [0.2, 0.25) is 5.91 Å². The van der Waals surface area contributed by atoms with Crippen molar-refractivity contribution in [2.75, 3.05) is 37.7 Å². The Morgan fingerprint density at radius 3 is 2.91 bits per heavy atom. The van der Waals surface area contributed by atoms with Crippen LogP contribution in [0.3, 0.4) is 0 Å². The van der Waals surface area contributed by atoms with Crippen LogP contribution in [0.25, 0.3) is 0 Å². The Labute approximate surface area is 130 Å². The summed E-state index contributed by atoms with van der Waals surface area (Å²) in [5.41, 5.74) is 0.613. The zero-order valence-corrected chi connectivity index (χ0v) is 12.6. The van der Waals surface area contributed by atoms with Crippen LogP contribution in [-0.2, 0) is 9.53 Å². The Bertz CT molecular complexity index is 570. The molecule has 1 amide bonds. The Morgan fingerprint density at radius 1 is 1.41 bits per heavy atom. The van der Waals surface area contributed by atoms with Crippen LogP contribution in [0.4, 0.5) is 5.82 Å². The first kappa shape index (κ1) is 14.8. The Kier molecular flexibility index (Phi) is 4.54. The van der Waals surface area contributed by atoms with E-state index in [4.69, 9.17) is 10.00 Å². The van der Waals surface area contributed by atoms with Gasteiger partial charge in [-0.1, -0.05) is 0 Å². The molecule has 0 aliphatic carbocycles. The van der Waals surface area contributed by atoms with Crippen LogP contribution in [-0.4, -0.2) is 54.7 Å². The predicted molar refractivity (Wildman–Crippen MR) is 81.3 cm³/mol. The van der Waals surface area contributed by atoms with E-state index in [-0.39, 0.29) is 12.0 Å². The molecule has 0 spiro atoms. The first-order chi connectivity index (χ1) is 10.8. The maximum atomic E-state index is 12.3. The van der Waals surface area contributed by atoms with Crippen LogP contribution in [0, 0.1) is 11.3 Å². The van der Waals surface area contributed by atoms with Crippen molar-refractivity contribution >= 4 is 11.7 Å². The molecule has 2 aliphatic heterocycles. The number of hydrogen-bond acceptors (Lipinski definition) is 5. The molecule has 116 valence electrons. The number of nitrogens with zero attached hydrogens (tertiary/aromatic N) is 4. The van der Waals surface area contributed by atoms with Crippen LogP contribution in [0.5, 0.6) is 0 Å². The number of carbonyl (C=O) groups excluding carboxylic acids is 1. The number of rotatable bonds is 3. The van der Waals surface area contributed by atoms with Gasteiger partial charge in [0.1, 0.15) is 5.82 Å². The average molecular weight is 300 g/mol. The number of pyridine rings is 1. The van der Waals surface area contributed by atoms with E-state index in [0.29, 0.717) is 25.1 Å². The van der Waals surface area contributed by atoms with Gasteiger partial charge in [-0.15, -0.1) is 0 Å². The van der Waals surface area contributed by atoms with E-state index >= 15 is 0 Å². The maximum absolute atomic E-state index is 12.3. The van der Waals surface area contributed by atoms with E-state index in [1.807, 2.05) is 4.90 Å². The highest BCUT2D eigenvalue weighted by Gasteiger charge is 2.26. The van der Waals surface area contributed by atoms with Crippen LogP contribution in [0.15, 0.2) is 18.3 Å². The van der Waals surface area contributed by atoms with Gasteiger partial charge in [-0.25, -0.2) is 4.98 Å². The number of aromatic nitrogens is 1. The summed E-state index contributed by atoms with van der Waals surface area (Å²) in [5.74, 6) is 0.996. The highest BCUT2D eigenvalue weighted by Crippen LogP contribution is 2.18. The van der Waals surface area contributed by atoms with E-state index in [1.165, 1.54) is 0 Å². The van der Waals surface area contributed by atoms with Crippen molar-refractivity contribution in [2.24, 2.45) is 0 Å². The molecule has 1 aromatic rings. The summed E-state index contributed by atoms with van der Waals surface area (Å²) in [6.45, 7) is 3.68. The number of amides is 1. The summed E-state index contributed by atoms with van der Waals surface area (Å²) in [5, 5.41) is 8.95. The van der Waals surface area contributed by atoms with Gasteiger partial charge in [0.15, 0.2) is 0 Å². The summed E-state index contributed by atoms with van der Waals surface area (Å²) < 4.78 is 5.53. The largest absolute Gasteiger partial charge is 0.378 e. The summed E-state index contributed by atoms with van der Waals surface area (Å²) in [4.78, 5) is 20.6. The molecule has 3 rings (SSSR count). The Morgan fingerprint density at radius 2 is 2.23 bits per heavy atom. The van der Waals surface area contributed by atoms with Crippen molar-refractivity contribution < 1.29 is 9.53 Å². The number of carbonyl (C=O) groups is 1. The molecule has 2 aliphatic rings. The monoisotopic (exact) mass is 300 g/mol. The molecule has 0 saturated carbocycles. The summed E-state index contributed by atoms with van der Waals surface area (Å²) >= 11 is 0. The molecule has 2 fully saturated rings. The third-order valence-electron chi connectivity index (χ3n) is 4.26. The lowest BCUT2D eigenvalue weighted by molar-refractivity contribution is -0.133. The van der Waals surface area contributed by atoms with Crippen LogP contribution in [0.2, 0.25) is 0 Å². The molecular weight excluding hydrogens is 280 g/mol. The van der Waals surface area contributed by atoms with E-state index < -0.39 is 0 Å². The summed E-state index contributed by atoms with van der Waals surface area (Å²) in [7, 11) is 0. The number of piperazine rings is 1. The maximum Gasteiger partial charge on any atom is 0.225 e. The van der Waals surface area contributed by atoms with Crippen molar-refractivity contribution in [1.29, 1.82) is 5.26 Å². The molecule has 3 heterocycles. The predicted octanol–water partition coefficient (Wildman–Crippen LogP) is 1.17. The fourth-order valence-corrected chi connectivity index (χ4v) is 2.98. The van der Waals surface area contributed by atoms with Gasteiger partial charge in [0.25, 0.3) is 0 Å². The minimum absolute atomic E-state index is 0.111. The van der Waals surface area contributed by atoms with Crippen LogP contribution < -0.4 is 4.90 Å². The zero-order chi connectivity index (χ0) is 15.4. The van der Waals surface area contributed by atoms with E-state index in [0.717, 1.165) is 38.4 Å². The lowest BCUT2D eigenvalue weighted by atomic mass is 10.1. The third kappa shape index (κ3) is 3.37. The molecule has 6 heteroatoms. The molecule has 0 unspecified atom stereocenters. The fourth-order valence-electron chi connectivity index (χ4n) is 2.98. The molecule has 6 nitrogen and oxygen atoms in total. The standard InChI is InChI=1S/C16H20N4O2/c17-12-13-3-4-18-15(10-13)19-5-7-20(8-6-19)16(21)11-14-2-1-9-22-14/h3-4,10,14H,1-2,5-9,11H2/t14-/m1/s1. The number of nitriles is 1. The first-order valence-electron chi connectivity index (χ1n) is 7.77.